The molecular formula is C16H13ClINO. The minimum atomic E-state index is -0.287. The number of aryl methyl sites for hydroxylation is 1. The van der Waals surface area contributed by atoms with Crippen LogP contribution in [0, 0.1) is 10.5 Å². The maximum atomic E-state index is 6.36. The molecule has 0 fully saturated rings. The summed E-state index contributed by atoms with van der Waals surface area (Å²) in [4.78, 5) is 0. The number of halogens is 2. The van der Waals surface area contributed by atoms with Crippen molar-refractivity contribution in [3.05, 3.63) is 67.9 Å². The third-order valence-electron chi connectivity index (χ3n) is 3.38. The molecule has 3 aromatic rings. The molecule has 2 nitrogen and oxygen atoms in total. The Bertz CT molecular complexity index is 781. The summed E-state index contributed by atoms with van der Waals surface area (Å²) in [5.74, 6) is 0.733. The molecule has 0 spiro atoms. The molecule has 2 aromatic carbocycles. The summed E-state index contributed by atoms with van der Waals surface area (Å²) in [5, 5.41) is 1.59. The zero-order valence-corrected chi connectivity index (χ0v) is 13.8. The van der Waals surface area contributed by atoms with Crippen LogP contribution >= 0.6 is 34.2 Å². The molecule has 4 heteroatoms. The van der Waals surface area contributed by atoms with Gasteiger partial charge < -0.3 is 10.2 Å². The van der Waals surface area contributed by atoms with Gasteiger partial charge in [-0.3, -0.25) is 0 Å². The lowest BCUT2D eigenvalue weighted by molar-refractivity contribution is 0.524. The molecule has 0 saturated heterocycles. The zero-order valence-electron chi connectivity index (χ0n) is 10.9. The van der Waals surface area contributed by atoms with Crippen LogP contribution in [-0.2, 0) is 0 Å². The van der Waals surface area contributed by atoms with E-state index in [1.807, 2.05) is 36.4 Å². The highest BCUT2D eigenvalue weighted by atomic mass is 127. The second kappa shape index (κ2) is 5.39. The van der Waals surface area contributed by atoms with E-state index in [4.69, 9.17) is 21.8 Å². The monoisotopic (exact) mass is 397 g/mol. The topological polar surface area (TPSA) is 39.2 Å². The van der Waals surface area contributed by atoms with Gasteiger partial charge in [-0.15, -0.1) is 0 Å². The maximum absolute atomic E-state index is 6.36. The van der Waals surface area contributed by atoms with E-state index in [-0.39, 0.29) is 6.04 Å². The van der Waals surface area contributed by atoms with Gasteiger partial charge in [0.05, 0.1) is 11.1 Å². The van der Waals surface area contributed by atoms with E-state index in [1.54, 1.807) is 0 Å². The van der Waals surface area contributed by atoms with E-state index >= 15 is 0 Å². The Morgan fingerprint density at radius 1 is 1.20 bits per heavy atom. The number of hydrogen-bond acceptors (Lipinski definition) is 2. The van der Waals surface area contributed by atoms with Crippen molar-refractivity contribution in [2.45, 2.75) is 13.0 Å². The number of fused-ring (bicyclic) bond motifs is 1. The second-order valence-corrected chi connectivity index (χ2v) is 6.25. The van der Waals surface area contributed by atoms with Gasteiger partial charge in [-0.1, -0.05) is 41.9 Å². The van der Waals surface area contributed by atoms with Crippen LogP contribution in [0.15, 0.2) is 46.9 Å². The van der Waals surface area contributed by atoms with Gasteiger partial charge in [0.25, 0.3) is 0 Å². The van der Waals surface area contributed by atoms with Gasteiger partial charge in [0, 0.05) is 8.96 Å². The molecule has 20 heavy (non-hydrogen) atoms. The Hall–Kier alpha value is -1.04. The first kappa shape index (κ1) is 13.9. The van der Waals surface area contributed by atoms with Crippen LogP contribution in [0.1, 0.15) is 22.9 Å². The summed E-state index contributed by atoms with van der Waals surface area (Å²) >= 11 is 8.47. The molecule has 1 atom stereocenters. The number of rotatable bonds is 2. The summed E-state index contributed by atoms with van der Waals surface area (Å²) in [6.45, 7) is 2.08. The highest BCUT2D eigenvalue weighted by Gasteiger charge is 2.18. The van der Waals surface area contributed by atoms with Gasteiger partial charge in [0.1, 0.15) is 5.76 Å². The Kier molecular flexibility index (Phi) is 3.75. The van der Waals surface area contributed by atoms with Crippen LogP contribution < -0.4 is 5.73 Å². The minimum absolute atomic E-state index is 0.287. The lowest BCUT2D eigenvalue weighted by Gasteiger charge is -2.12. The average Bonchev–Trinajstić information content (AvgIpc) is 2.87. The third kappa shape index (κ3) is 2.34. The van der Waals surface area contributed by atoms with E-state index < -0.39 is 0 Å². The minimum Gasteiger partial charge on any atom is -0.457 e. The Labute approximate surface area is 136 Å². The molecule has 2 N–H and O–H groups in total. The summed E-state index contributed by atoms with van der Waals surface area (Å²) in [7, 11) is 0. The molecule has 0 bridgehead atoms. The molecule has 0 radical (unpaired) electrons. The SMILES string of the molecule is Cc1cccc(C(N)c2cc3cccc(Cl)c3o2)c1I. The normalized spacial score (nSPS) is 12.8. The van der Waals surface area contributed by atoms with Crippen molar-refractivity contribution in [2.24, 2.45) is 5.73 Å². The van der Waals surface area contributed by atoms with E-state index in [0.717, 1.165) is 16.7 Å². The molecule has 1 unspecified atom stereocenters. The molecule has 0 aliphatic carbocycles. The fourth-order valence-corrected chi connectivity index (χ4v) is 3.18. The molecule has 1 heterocycles. The zero-order chi connectivity index (χ0) is 14.3. The fraction of sp³-hybridized carbons (Fsp3) is 0.125. The van der Waals surface area contributed by atoms with Crippen LogP contribution in [0.4, 0.5) is 0 Å². The first-order valence-corrected chi connectivity index (χ1v) is 7.72. The predicted octanol–water partition coefficient (Wildman–Crippen LogP) is 5.05. The molecule has 102 valence electrons. The van der Waals surface area contributed by atoms with E-state index in [9.17, 15) is 0 Å². The first-order chi connectivity index (χ1) is 9.58. The lowest BCUT2D eigenvalue weighted by atomic mass is 10.0. The molecule has 0 aliphatic rings. The van der Waals surface area contributed by atoms with Crippen molar-refractivity contribution in [1.82, 2.24) is 0 Å². The molecule has 0 amide bonds. The van der Waals surface area contributed by atoms with Gasteiger partial charge in [0.2, 0.25) is 0 Å². The summed E-state index contributed by atoms with van der Waals surface area (Å²) < 4.78 is 7.02. The van der Waals surface area contributed by atoms with Gasteiger partial charge in [0.15, 0.2) is 5.58 Å². The fourth-order valence-electron chi connectivity index (χ4n) is 2.26. The van der Waals surface area contributed by atoms with Crippen LogP contribution in [-0.4, -0.2) is 0 Å². The first-order valence-electron chi connectivity index (χ1n) is 6.26. The lowest BCUT2D eigenvalue weighted by Crippen LogP contribution is -2.12. The Morgan fingerprint density at radius 2 is 1.95 bits per heavy atom. The van der Waals surface area contributed by atoms with Crippen LogP contribution in [0.3, 0.4) is 0 Å². The Balaban J connectivity index is 2.10. The smallest absolute Gasteiger partial charge is 0.152 e. The molecule has 0 saturated carbocycles. The van der Waals surface area contributed by atoms with Crippen molar-refractivity contribution >= 4 is 45.2 Å². The standard InChI is InChI=1S/C16H13ClINO/c1-9-4-2-6-11(14(9)18)15(19)13-8-10-5-3-7-12(17)16(10)20-13/h2-8,15H,19H2,1H3. The average molecular weight is 398 g/mol. The molecule has 1 aromatic heterocycles. The molecule has 3 rings (SSSR count). The van der Waals surface area contributed by atoms with E-state index in [1.165, 1.54) is 9.13 Å². The molecular weight excluding hydrogens is 385 g/mol. The van der Waals surface area contributed by atoms with Crippen molar-refractivity contribution in [3.8, 4) is 0 Å². The van der Waals surface area contributed by atoms with Crippen LogP contribution in [0.25, 0.3) is 11.0 Å². The maximum Gasteiger partial charge on any atom is 0.152 e. The van der Waals surface area contributed by atoms with Gasteiger partial charge >= 0.3 is 0 Å². The number of furan rings is 1. The summed E-state index contributed by atoms with van der Waals surface area (Å²) in [5.41, 5.74) is 9.34. The third-order valence-corrected chi connectivity index (χ3v) is 5.15. The Morgan fingerprint density at radius 3 is 2.70 bits per heavy atom. The van der Waals surface area contributed by atoms with Crippen molar-refractivity contribution in [2.75, 3.05) is 0 Å². The highest BCUT2D eigenvalue weighted by Crippen LogP contribution is 2.32. The number of hydrogen-bond donors (Lipinski definition) is 1. The van der Waals surface area contributed by atoms with Gasteiger partial charge in [-0.05, 0) is 52.8 Å². The van der Waals surface area contributed by atoms with Crippen molar-refractivity contribution in [3.63, 3.8) is 0 Å². The summed E-state index contributed by atoms with van der Waals surface area (Å²) in [6, 6.07) is 13.5. The largest absolute Gasteiger partial charge is 0.457 e. The van der Waals surface area contributed by atoms with Crippen LogP contribution in [0.2, 0.25) is 5.02 Å². The summed E-state index contributed by atoms with van der Waals surface area (Å²) in [6.07, 6.45) is 0. The van der Waals surface area contributed by atoms with Crippen molar-refractivity contribution in [1.29, 1.82) is 0 Å². The van der Waals surface area contributed by atoms with E-state index in [0.29, 0.717) is 10.6 Å². The van der Waals surface area contributed by atoms with Gasteiger partial charge in [-0.25, -0.2) is 0 Å². The number of para-hydroxylation sites is 1. The van der Waals surface area contributed by atoms with Crippen molar-refractivity contribution < 1.29 is 4.42 Å². The molecule has 0 aliphatic heterocycles. The van der Waals surface area contributed by atoms with E-state index in [2.05, 4.69) is 35.6 Å². The van der Waals surface area contributed by atoms with Crippen LogP contribution in [0.5, 0.6) is 0 Å². The quantitative estimate of drug-likeness (QED) is 0.615. The highest BCUT2D eigenvalue weighted by molar-refractivity contribution is 14.1. The second-order valence-electron chi connectivity index (χ2n) is 4.76. The van der Waals surface area contributed by atoms with Gasteiger partial charge in [-0.2, -0.15) is 0 Å². The number of benzene rings is 2. The predicted molar refractivity (Wildman–Crippen MR) is 91.2 cm³/mol. The number of nitrogens with two attached hydrogens (primary N) is 1.